The molecule has 19 heavy (non-hydrogen) atoms. The number of carbonyl (C=O) groups is 2. The van der Waals surface area contributed by atoms with Crippen molar-refractivity contribution in [3.8, 4) is 0 Å². The predicted octanol–water partition coefficient (Wildman–Crippen LogP) is -0.327. The molecule has 0 aromatic heterocycles. The van der Waals surface area contributed by atoms with Crippen LogP contribution in [0.25, 0.3) is 0 Å². The van der Waals surface area contributed by atoms with E-state index in [4.69, 9.17) is 10.8 Å². The van der Waals surface area contributed by atoms with Crippen LogP contribution in [0.2, 0.25) is 0 Å². The van der Waals surface area contributed by atoms with Gasteiger partial charge in [-0.1, -0.05) is 0 Å². The summed E-state index contributed by atoms with van der Waals surface area (Å²) in [6.07, 6.45) is -3.91. The van der Waals surface area contributed by atoms with Crippen molar-refractivity contribution >= 4 is 17.6 Å². The van der Waals surface area contributed by atoms with Crippen molar-refractivity contribution in [3.05, 3.63) is 29.1 Å². The molecule has 0 saturated heterocycles. The third kappa shape index (κ3) is 2.98. The monoisotopic (exact) mass is 273 g/mol. The van der Waals surface area contributed by atoms with Gasteiger partial charge in [-0.25, -0.2) is 14.0 Å². The summed E-state index contributed by atoms with van der Waals surface area (Å²) >= 11 is 0. The van der Waals surface area contributed by atoms with Gasteiger partial charge in [-0.3, -0.25) is 0 Å². The summed E-state index contributed by atoms with van der Waals surface area (Å²) in [6, 6.07) is 1.40. The summed E-state index contributed by atoms with van der Waals surface area (Å²) in [5, 5.41) is 28.0. The fourth-order valence-electron chi connectivity index (χ4n) is 1.48. The Hall–Kier alpha value is -2.19. The number of nitrogens with two attached hydrogens (primary N) is 1. The zero-order valence-electron chi connectivity index (χ0n) is 9.83. The van der Waals surface area contributed by atoms with E-state index in [1.165, 1.54) is 0 Å². The topological polar surface area (TPSA) is 130 Å². The van der Waals surface area contributed by atoms with Gasteiger partial charge in [0.2, 0.25) is 0 Å². The van der Waals surface area contributed by atoms with E-state index in [2.05, 4.69) is 4.74 Å². The number of benzene rings is 1. The first-order valence-electron chi connectivity index (χ1n) is 5.05. The van der Waals surface area contributed by atoms with E-state index in [1.54, 1.807) is 0 Å². The Labute approximate surface area is 107 Å². The largest absolute Gasteiger partial charge is 0.478 e. The Balaban J connectivity index is 3.27. The molecule has 0 fully saturated rings. The zero-order chi connectivity index (χ0) is 14.7. The molecule has 0 heterocycles. The predicted molar refractivity (Wildman–Crippen MR) is 60.8 cm³/mol. The first-order chi connectivity index (χ1) is 8.79. The van der Waals surface area contributed by atoms with E-state index < -0.39 is 46.8 Å². The number of anilines is 1. The lowest BCUT2D eigenvalue weighted by Gasteiger charge is -2.18. The Morgan fingerprint density at radius 3 is 2.42 bits per heavy atom. The average Bonchev–Trinajstić information content (AvgIpc) is 2.37. The number of aliphatic hydroxyl groups excluding tert-OH is 2. The molecule has 2 atom stereocenters. The number of ether oxygens (including phenoxy) is 1. The molecule has 0 radical (unpaired) electrons. The summed E-state index contributed by atoms with van der Waals surface area (Å²) in [5.41, 5.74) is 4.04. The van der Waals surface area contributed by atoms with E-state index in [1.807, 2.05) is 0 Å². The van der Waals surface area contributed by atoms with Crippen molar-refractivity contribution in [2.24, 2.45) is 0 Å². The number of rotatable bonds is 4. The number of halogens is 1. The minimum absolute atomic E-state index is 0.407. The smallest absolute Gasteiger partial charge is 0.337 e. The highest BCUT2D eigenvalue weighted by Gasteiger charge is 2.30. The van der Waals surface area contributed by atoms with Gasteiger partial charge < -0.3 is 25.8 Å². The molecule has 0 saturated carbocycles. The molecule has 0 aliphatic heterocycles. The molecule has 1 aromatic rings. The van der Waals surface area contributed by atoms with Gasteiger partial charge in [-0.15, -0.1) is 0 Å². The SMILES string of the molecule is COC(=O)C(O)C(O)c1cc(F)cc(C(=O)O)c1N. The van der Waals surface area contributed by atoms with Crippen LogP contribution in [0.15, 0.2) is 12.1 Å². The first-order valence-corrected chi connectivity index (χ1v) is 5.05. The quantitative estimate of drug-likeness (QED) is 0.436. The molecular formula is C11H12FNO6. The van der Waals surface area contributed by atoms with Crippen LogP contribution in [0.5, 0.6) is 0 Å². The maximum Gasteiger partial charge on any atom is 0.337 e. The second-order valence-corrected chi connectivity index (χ2v) is 3.67. The van der Waals surface area contributed by atoms with E-state index in [-0.39, 0.29) is 0 Å². The molecule has 0 aliphatic rings. The van der Waals surface area contributed by atoms with Crippen LogP contribution in [-0.2, 0) is 9.53 Å². The lowest BCUT2D eigenvalue weighted by molar-refractivity contribution is -0.156. The molecule has 0 spiro atoms. The van der Waals surface area contributed by atoms with Crippen LogP contribution in [-0.4, -0.2) is 40.5 Å². The number of carbonyl (C=O) groups excluding carboxylic acids is 1. The van der Waals surface area contributed by atoms with Crippen LogP contribution >= 0.6 is 0 Å². The Morgan fingerprint density at radius 1 is 1.37 bits per heavy atom. The molecule has 2 unspecified atom stereocenters. The standard InChI is InChI=1S/C11H12FNO6/c1-19-11(18)9(15)8(14)5-2-4(12)3-6(7(5)13)10(16)17/h2-3,8-9,14-15H,13H2,1H3,(H,16,17). The Morgan fingerprint density at radius 2 is 1.95 bits per heavy atom. The van der Waals surface area contributed by atoms with Gasteiger partial charge in [0.25, 0.3) is 0 Å². The second kappa shape index (κ2) is 5.63. The molecule has 0 bridgehead atoms. The third-order valence-corrected chi connectivity index (χ3v) is 2.47. The third-order valence-electron chi connectivity index (χ3n) is 2.47. The maximum atomic E-state index is 13.2. The summed E-state index contributed by atoms with van der Waals surface area (Å²) in [6.45, 7) is 0. The maximum absolute atomic E-state index is 13.2. The number of esters is 1. The zero-order valence-corrected chi connectivity index (χ0v) is 9.83. The highest BCUT2D eigenvalue weighted by Crippen LogP contribution is 2.28. The number of hydrogen-bond donors (Lipinski definition) is 4. The van der Waals surface area contributed by atoms with Gasteiger partial charge >= 0.3 is 11.9 Å². The summed E-state index contributed by atoms with van der Waals surface area (Å²) in [5.74, 6) is -3.64. The van der Waals surface area contributed by atoms with Crippen LogP contribution in [0.4, 0.5) is 10.1 Å². The van der Waals surface area contributed by atoms with E-state index >= 15 is 0 Å². The van der Waals surface area contributed by atoms with Gasteiger partial charge in [-0.2, -0.15) is 0 Å². The number of aromatic carboxylic acids is 1. The number of carboxylic acid groups (broad SMARTS) is 1. The van der Waals surface area contributed by atoms with E-state index in [0.29, 0.717) is 6.07 Å². The molecule has 0 aliphatic carbocycles. The van der Waals surface area contributed by atoms with Gasteiger partial charge in [0, 0.05) is 5.56 Å². The Bertz CT molecular complexity index is 518. The fourth-order valence-corrected chi connectivity index (χ4v) is 1.48. The molecule has 7 nitrogen and oxygen atoms in total. The second-order valence-electron chi connectivity index (χ2n) is 3.67. The van der Waals surface area contributed by atoms with Gasteiger partial charge in [0.15, 0.2) is 6.10 Å². The van der Waals surface area contributed by atoms with Crippen LogP contribution < -0.4 is 5.73 Å². The molecule has 8 heteroatoms. The van der Waals surface area contributed by atoms with E-state index in [9.17, 15) is 24.2 Å². The molecular weight excluding hydrogens is 261 g/mol. The van der Waals surface area contributed by atoms with Gasteiger partial charge in [0.05, 0.1) is 18.4 Å². The molecule has 5 N–H and O–H groups in total. The van der Waals surface area contributed by atoms with Crippen LogP contribution in [0, 0.1) is 5.82 Å². The molecule has 1 aromatic carbocycles. The molecule has 104 valence electrons. The Kier molecular flexibility index (Phi) is 4.41. The van der Waals surface area contributed by atoms with Crippen LogP contribution in [0.1, 0.15) is 22.0 Å². The number of methoxy groups -OCH3 is 1. The lowest BCUT2D eigenvalue weighted by Crippen LogP contribution is -2.30. The number of nitrogen functional groups attached to an aromatic ring is 1. The summed E-state index contributed by atoms with van der Waals surface area (Å²) in [7, 11) is 0.982. The highest BCUT2D eigenvalue weighted by atomic mass is 19.1. The lowest BCUT2D eigenvalue weighted by atomic mass is 9.99. The summed E-state index contributed by atoms with van der Waals surface area (Å²) in [4.78, 5) is 21.9. The number of aliphatic hydroxyl groups is 2. The van der Waals surface area contributed by atoms with Gasteiger partial charge in [-0.05, 0) is 12.1 Å². The number of carboxylic acids is 1. The highest BCUT2D eigenvalue weighted by molar-refractivity contribution is 5.94. The molecule has 1 rings (SSSR count). The summed E-state index contributed by atoms with van der Waals surface area (Å²) < 4.78 is 17.4. The fraction of sp³-hybridized carbons (Fsp3) is 0.273. The van der Waals surface area contributed by atoms with Crippen molar-refractivity contribution in [1.82, 2.24) is 0 Å². The normalized spacial score (nSPS) is 13.7. The van der Waals surface area contributed by atoms with E-state index in [0.717, 1.165) is 13.2 Å². The number of hydrogen-bond acceptors (Lipinski definition) is 6. The van der Waals surface area contributed by atoms with Crippen molar-refractivity contribution in [2.45, 2.75) is 12.2 Å². The first kappa shape index (κ1) is 14.9. The van der Waals surface area contributed by atoms with Gasteiger partial charge in [0.1, 0.15) is 11.9 Å². The minimum Gasteiger partial charge on any atom is -0.478 e. The van der Waals surface area contributed by atoms with Crippen molar-refractivity contribution < 1.29 is 34.0 Å². The molecule has 0 amide bonds. The van der Waals surface area contributed by atoms with Crippen molar-refractivity contribution in [2.75, 3.05) is 12.8 Å². The van der Waals surface area contributed by atoms with Crippen molar-refractivity contribution in [3.63, 3.8) is 0 Å². The van der Waals surface area contributed by atoms with Crippen molar-refractivity contribution in [1.29, 1.82) is 0 Å². The minimum atomic E-state index is -2.00. The van der Waals surface area contributed by atoms with Crippen LogP contribution in [0.3, 0.4) is 0 Å². The average molecular weight is 273 g/mol.